The molecule has 0 saturated heterocycles. The van der Waals surface area contributed by atoms with Crippen molar-refractivity contribution in [3.8, 4) is 11.3 Å². The van der Waals surface area contributed by atoms with Crippen molar-refractivity contribution in [2.75, 3.05) is 11.9 Å². The first-order valence-corrected chi connectivity index (χ1v) is 13.4. The molecule has 0 fully saturated rings. The monoisotopic (exact) mass is 498 g/mol. The molecule has 2 aromatic heterocycles. The molecule has 2 heterocycles. The molecule has 1 aliphatic carbocycles. The van der Waals surface area contributed by atoms with Crippen molar-refractivity contribution in [2.45, 2.75) is 46.5 Å². The van der Waals surface area contributed by atoms with Crippen LogP contribution in [0.3, 0.4) is 0 Å². The molecule has 1 atom stereocenters. The van der Waals surface area contributed by atoms with Crippen molar-refractivity contribution in [3.05, 3.63) is 81.7 Å². The molecule has 184 valence electrons. The SMILES string of the molecule is CCOC(=O)c1c(NC(=O)c2cc(-c3ccc(CC)cc3)nc3ccccc23)sc2c1CCC(C)C2. The van der Waals surface area contributed by atoms with E-state index in [1.54, 1.807) is 6.92 Å². The summed E-state index contributed by atoms with van der Waals surface area (Å²) in [5, 5.41) is 4.43. The molecular weight excluding hydrogens is 468 g/mol. The predicted molar refractivity (Wildman–Crippen MR) is 146 cm³/mol. The Labute approximate surface area is 215 Å². The van der Waals surface area contributed by atoms with E-state index in [2.05, 4.69) is 31.3 Å². The van der Waals surface area contributed by atoms with Gasteiger partial charge in [0.15, 0.2) is 0 Å². The Morgan fingerprint density at radius 2 is 1.89 bits per heavy atom. The number of carbonyl (C=O) groups is 2. The molecule has 6 heteroatoms. The lowest BCUT2D eigenvalue weighted by atomic mass is 9.88. The maximum Gasteiger partial charge on any atom is 0.341 e. The normalized spacial score (nSPS) is 14.9. The van der Waals surface area contributed by atoms with Gasteiger partial charge in [-0.3, -0.25) is 4.79 Å². The first-order valence-electron chi connectivity index (χ1n) is 12.6. The molecule has 0 aliphatic heterocycles. The zero-order valence-corrected chi connectivity index (χ0v) is 21.7. The molecule has 1 unspecified atom stereocenters. The number of carbonyl (C=O) groups excluding carboxylic acids is 2. The van der Waals surface area contributed by atoms with Gasteiger partial charge in [0.1, 0.15) is 5.00 Å². The molecule has 1 N–H and O–H groups in total. The zero-order valence-electron chi connectivity index (χ0n) is 20.9. The first-order chi connectivity index (χ1) is 17.5. The van der Waals surface area contributed by atoms with E-state index in [-0.39, 0.29) is 11.9 Å². The summed E-state index contributed by atoms with van der Waals surface area (Å²) in [5.74, 6) is -0.0612. The molecule has 2 aromatic carbocycles. The van der Waals surface area contributed by atoms with E-state index in [9.17, 15) is 9.59 Å². The summed E-state index contributed by atoms with van der Waals surface area (Å²) < 4.78 is 5.38. The molecule has 1 aliphatic rings. The number of nitrogens with one attached hydrogen (secondary N) is 1. The first kappa shape index (κ1) is 24.2. The Bertz CT molecular complexity index is 1440. The van der Waals surface area contributed by atoms with Crippen LogP contribution in [0, 0.1) is 5.92 Å². The van der Waals surface area contributed by atoms with E-state index in [1.165, 1.54) is 21.8 Å². The summed E-state index contributed by atoms with van der Waals surface area (Å²) in [6.45, 7) is 6.44. The van der Waals surface area contributed by atoms with E-state index in [4.69, 9.17) is 9.72 Å². The molecule has 0 bridgehead atoms. The second kappa shape index (κ2) is 10.2. The summed E-state index contributed by atoms with van der Waals surface area (Å²) in [7, 11) is 0. The molecule has 0 saturated carbocycles. The van der Waals surface area contributed by atoms with Gasteiger partial charge in [0.2, 0.25) is 0 Å². The van der Waals surface area contributed by atoms with E-state index in [0.29, 0.717) is 28.7 Å². The number of benzene rings is 2. The van der Waals surface area contributed by atoms with Gasteiger partial charge >= 0.3 is 5.97 Å². The fraction of sp³-hybridized carbons (Fsp3) is 0.300. The Morgan fingerprint density at radius 3 is 2.64 bits per heavy atom. The number of aryl methyl sites for hydroxylation is 1. The van der Waals surface area contributed by atoms with Crippen LogP contribution in [0.15, 0.2) is 54.6 Å². The number of fused-ring (bicyclic) bond motifs is 2. The molecule has 36 heavy (non-hydrogen) atoms. The summed E-state index contributed by atoms with van der Waals surface area (Å²) in [4.78, 5) is 32.7. The van der Waals surface area contributed by atoms with Gasteiger partial charge in [-0.1, -0.05) is 56.3 Å². The van der Waals surface area contributed by atoms with Crippen molar-refractivity contribution in [1.29, 1.82) is 0 Å². The van der Waals surface area contributed by atoms with Gasteiger partial charge in [-0.15, -0.1) is 11.3 Å². The van der Waals surface area contributed by atoms with Crippen LogP contribution >= 0.6 is 11.3 Å². The number of anilines is 1. The second-order valence-corrected chi connectivity index (χ2v) is 10.5. The number of esters is 1. The third-order valence-electron chi connectivity index (χ3n) is 6.84. The van der Waals surface area contributed by atoms with Gasteiger partial charge in [-0.25, -0.2) is 9.78 Å². The number of nitrogens with zero attached hydrogens (tertiary/aromatic N) is 1. The molecule has 1 amide bonds. The van der Waals surface area contributed by atoms with Crippen molar-refractivity contribution < 1.29 is 14.3 Å². The van der Waals surface area contributed by atoms with Crippen molar-refractivity contribution >= 4 is 39.1 Å². The highest BCUT2D eigenvalue weighted by molar-refractivity contribution is 7.17. The van der Waals surface area contributed by atoms with Crippen LogP contribution in [-0.4, -0.2) is 23.5 Å². The van der Waals surface area contributed by atoms with Crippen molar-refractivity contribution in [3.63, 3.8) is 0 Å². The second-order valence-electron chi connectivity index (χ2n) is 9.35. The lowest BCUT2D eigenvalue weighted by molar-refractivity contribution is 0.0526. The Hall–Kier alpha value is -3.51. The lowest BCUT2D eigenvalue weighted by Crippen LogP contribution is -2.17. The number of ether oxygens (including phenoxy) is 1. The fourth-order valence-electron chi connectivity index (χ4n) is 4.85. The summed E-state index contributed by atoms with van der Waals surface area (Å²) in [6.07, 6.45) is 3.73. The standard InChI is InChI=1S/C30H30N2O3S/c1-4-19-11-13-20(14-12-19)25-17-23(21-8-6-7-9-24(21)31-25)28(33)32-29-27(30(34)35-5-2)22-15-10-18(3)16-26(22)36-29/h6-9,11-14,17-18H,4-5,10,15-16H2,1-3H3,(H,32,33). The Balaban J connectivity index is 1.56. The maximum atomic E-state index is 13.7. The van der Waals surface area contributed by atoms with Gasteiger partial charge in [-0.2, -0.15) is 0 Å². The highest BCUT2D eigenvalue weighted by atomic mass is 32.1. The average Bonchev–Trinajstić information content (AvgIpc) is 3.24. The largest absolute Gasteiger partial charge is 0.462 e. The number of para-hydroxylation sites is 1. The zero-order chi connectivity index (χ0) is 25.2. The fourth-order valence-corrected chi connectivity index (χ4v) is 6.24. The van der Waals surface area contributed by atoms with E-state index < -0.39 is 0 Å². The number of rotatable bonds is 6. The molecule has 5 nitrogen and oxygen atoms in total. The minimum atomic E-state index is -0.365. The van der Waals surface area contributed by atoms with Crippen LogP contribution in [0.1, 0.15) is 63.9 Å². The topological polar surface area (TPSA) is 68.3 Å². The number of thiophene rings is 1. The number of amides is 1. The van der Waals surface area contributed by atoms with Gasteiger partial charge in [0.05, 0.1) is 28.9 Å². The third-order valence-corrected chi connectivity index (χ3v) is 8.01. The smallest absolute Gasteiger partial charge is 0.341 e. The number of pyridine rings is 1. The minimum absolute atomic E-state index is 0.253. The van der Waals surface area contributed by atoms with Crippen LogP contribution in [0.25, 0.3) is 22.2 Å². The Kier molecular flexibility index (Phi) is 6.88. The highest BCUT2D eigenvalue weighted by Gasteiger charge is 2.29. The van der Waals surface area contributed by atoms with Gasteiger partial charge < -0.3 is 10.1 Å². The van der Waals surface area contributed by atoms with Crippen LogP contribution in [0.2, 0.25) is 0 Å². The number of hydrogen-bond donors (Lipinski definition) is 1. The van der Waals surface area contributed by atoms with Crippen molar-refractivity contribution in [1.82, 2.24) is 4.98 Å². The molecular formula is C30H30N2O3S. The van der Waals surface area contributed by atoms with E-state index in [0.717, 1.165) is 53.4 Å². The maximum absolute atomic E-state index is 13.7. The van der Waals surface area contributed by atoms with Gasteiger partial charge in [0, 0.05) is 15.8 Å². The Morgan fingerprint density at radius 1 is 1.11 bits per heavy atom. The summed E-state index contributed by atoms with van der Waals surface area (Å²) in [6, 6.07) is 17.8. The van der Waals surface area contributed by atoms with Crippen LogP contribution in [0.5, 0.6) is 0 Å². The van der Waals surface area contributed by atoms with Crippen molar-refractivity contribution in [2.24, 2.45) is 5.92 Å². The van der Waals surface area contributed by atoms with Gasteiger partial charge in [-0.05, 0) is 61.8 Å². The predicted octanol–water partition coefficient (Wildman–Crippen LogP) is 7.08. The molecule has 4 aromatic rings. The highest BCUT2D eigenvalue weighted by Crippen LogP contribution is 2.40. The van der Waals surface area contributed by atoms with E-state index >= 15 is 0 Å². The third kappa shape index (κ3) is 4.65. The van der Waals surface area contributed by atoms with Crippen LogP contribution in [-0.2, 0) is 24.0 Å². The molecule has 5 rings (SSSR count). The van der Waals surface area contributed by atoms with Crippen LogP contribution in [0.4, 0.5) is 5.00 Å². The lowest BCUT2D eigenvalue weighted by Gasteiger charge is -2.18. The van der Waals surface area contributed by atoms with Gasteiger partial charge in [0.25, 0.3) is 5.91 Å². The minimum Gasteiger partial charge on any atom is -0.462 e. The number of aromatic nitrogens is 1. The van der Waals surface area contributed by atoms with E-state index in [1.807, 2.05) is 42.5 Å². The quantitative estimate of drug-likeness (QED) is 0.288. The molecule has 0 radical (unpaired) electrons. The molecule has 0 spiro atoms. The van der Waals surface area contributed by atoms with Crippen LogP contribution < -0.4 is 5.32 Å². The summed E-state index contributed by atoms with van der Waals surface area (Å²) in [5.41, 5.74) is 5.79. The average molecular weight is 499 g/mol. The summed E-state index contributed by atoms with van der Waals surface area (Å²) >= 11 is 1.50. The number of hydrogen-bond acceptors (Lipinski definition) is 5.